The zero-order chi connectivity index (χ0) is 16.7. The minimum atomic E-state index is 0.0553. The molecule has 0 aliphatic carbocycles. The Labute approximate surface area is 138 Å². The smallest absolute Gasteiger partial charge is 0.220 e. The van der Waals surface area contributed by atoms with Crippen LogP contribution in [0.5, 0.6) is 0 Å². The van der Waals surface area contributed by atoms with Crippen molar-refractivity contribution in [3.05, 3.63) is 48.0 Å². The van der Waals surface area contributed by atoms with Crippen molar-refractivity contribution >= 4 is 5.91 Å². The number of nitrogens with zero attached hydrogens (tertiary/aromatic N) is 3. The van der Waals surface area contributed by atoms with Gasteiger partial charge in [0, 0.05) is 13.0 Å². The molecule has 0 fully saturated rings. The van der Waals surface area contributed by atoms with Gasteiger partial charge >= 0.3 is 0 Å². The number of aryl methyl sites for hydroxylation is 2. The molecule has 1 atom stereocenters. The van der Waals surface area contributed by atoms with E-state index < -0.39 is 0 Å². The van der Waals surface area contributed by atoms with Crippen LogP contribution in [0.15, 0.2) is 36.9 Å². The molecule has 2 rings (SSSR count). The molecule has 0 saturated carbocycles. The first kappa shape index (κ1) is 17.2. The van der Waals surface area contributed by atoms with Crippen LogP contribution < -0.4 is 5.32 Å². The minimum absolute atomic E-state index is 0.0553. The molecular formula is C18H26N4O. The van der Waals surface area contributed by atoms with Crippen LogP contribution in [-0.2, 0) is 17.8 Å². The number of nitrogens with one attached hydrogen (secondary N) is 1. The number of amides is 1. The van der Waals surface area contributed by atoms with E-state index in [0.29, 0.717) is 18.9 Å². The second kappa shape index (κ2) is 8.46. The van der Waals surface area contributed by atoms with E-state index in [0.717, 1.165) is 12.8 Å². The molecule has 0 spiro atoms. The molecule has 1 heterocycles. The third-order valence-electron chi connectivity index (χ3n) is 3.99. The first-order valence-corrected chi connectivity index (χ1v) is 8.30. The van der Waals surface area contributed by atoms with Crippen LogP contribution in [0.2, 0.25) is 0 Å². The molecule has 1 N–H and O–H groups in total. The minimum Gasteiger partial charge on any atom is -0.349 e. The van der Waals surface area contributed by atoms with Crippen molar-refractivity contribution in [1.82, 2.24) is 20.1 Å². The van der Waals surface area contributed by atoms with E-state index in [2.05, 4.69) is 60.4 Å². The summed E-state index contributed by atoms with van der Waals surface area (Å²) in [5.74, 6) is 0.435. The topological polar surface area (TPSA) is 59.8 Å². The molecule has 0 saturated heterocycles. The highest BCUT2D eigenvalue weighted by Gasteiger charge is 2.18. The lowest BCUT2D eigenvalue weighted by Crippen LogP contribution is -2.31. The van der Waals surface area contributed by atoms with E-state index in [9.17, 15) is 4.79 Å². The number of rotatable bonds is 8. The second-order valence-electron chi connectivity index (χ2n) is 6.15. The van der Waals surface area contributed by atoms with E-state index >= 15 is 0 Å². The molecule has 1 aromatic carbocycles. The first-order chi connectivity index (χ1) is 11.1. The van der Waals surface area contributed by atoms with Crippen molar-refractivity contribution in [3.63, 3.8) is 0 Å². The second-order valence-corrected chi connectivity index (χ2v) is 6.15. The maximum absolute atomic E-state index is 12.2. The zero-order valence-corrected chi connectivity index (χ0v) is 14.2. The van der Waals surface area contributed by atoms with Crippen LogP contribution in [0.25, 0.3) is 0 Å². The lowest BCUT2D eigenvalue weighted by Gasteiger charge is -2.23. The Bertz CT molecular complexity index is 590. The molecule has 1 amide bonds. The molecule has 0 bridgehead atoms. The Morgan fingerprint density at radius 3 is 2.57 bits per heavy atom. The average molecular weight is 314 g/mol. The van der Waals surface area contributed by atoms with Gasteiger partial charge in [-0.15, -0.1) is 0 Å². The fourth-order valence-electron chi connectivity index (χ4n) is 2.59. The van der Waals surface area contributed by atoms with Crippen molar-refractivity contribution in [3.8, 4) is 0 Å². The van der Waals surface area contributed by atoms with Crippen molar-refractivity contribution in [2.45, 2.75) is 52.6 Å². The number of carbonyl (C=O) groups is 1. The van der Waals surface area contributed by atoms with Gasteiger partial charge < -0.3 is 5.32 Å². The number of hydrogen-bond acceptors (Lipinski definition) is 3. The molecule has 124 valence electrons. The lowest BCUT2D eigenvalue weighted by molar-refractivity contribution is -0.122. The third kappa shape index (κ3) is 5.20. The largest absolute Gasteiger partial charge is 0.349 e. The summed E-state index contributed by atoms with van der Waals surface area (Å²) in [5.41, 5.74) is 2.48. The van der Waals surface area contributed by atoms with Gasteiger partial charge in [-0.05, 0) is 29.9 Å². The van der Waals surface area contributed by atoms with Gasteiger partial charge in [-0.1, -0.05) is 45.0 Å². The normalized spacial score (nSPS) is 12.3. The van der Waals surface area contributed by atoms with Gasteiger partial charge in [-0.3, -0.25) is 9.48 Å². The lowest BCUT2D eigenvalue weighted by atomic mass is 9.94. The van der Waals surface area contributed by atoms with Crippen LogP contribution in [0.3, 0.4) is 0 Å². The average Bonchev–Trinajstić information content (AvgIpc) is 3.06. The molecule has 5 nitrogen and oxygen atoms in total. The summed E-state index contributed by atoms with van der Waals surface area (Å²) in [4.78, 5) is 16.1. The van der Waals surface area contributed by atoms with Gasteiger partial charge in [-0.25, -0.2) is 4.98 Å². The Morgan fingerprint density at radius 1 is 1.26 bits per heavy atom. The molecule has 1 aromatic heterocycles. The fraction of sp³-hybridized carbons (Fsp3) is 0.500. The summed E-state index contributed by atoms with van der Waals surface area (Å²) in [5, 5.41) is 7.21. The van der Waals surface area contributed by atoms with Gasteiger partial charge in [0.25, 0.3) is 0 Å². The molecule has 0 aliphatic rings. The van der Waals surface area contributed by atoms with Crippen LogP contribution in [0, 0.1) is 5.92 Å². The van der Waals surface area contributed by atoms with Crippen LogP contribution in [0.4, 0.5) is 0 Å². The molecule has 0 radical (unpaired) electrons. The van der Waals surface area contributed by atoms with Crippen LogP contribution >= 0.6 is 0 Å². The monoisotopic (exact) mass is 314 g/mol. The van der Waals surface area contributed by atoms with Crippen molar-refractivity contribution in [1.29, 1.82) is 0 Å². The first-order valence-electron chi connectivity index (χ1n) is 8.30. The quantitative estimate of drug-likeness (QED) is 0.814. The number of hydrogen-bond donors (Lipinski definition) is 1. The van der Waals surface area contributed by atoms with Gasteiger partial charge in [0.1, 0.15) is 12.7 Å². The van der Waals surface area contributed by atoms with Gasteiger partial charge in [0.15, 0.2) is 0 Å². The van der Waals surface area contributed by atoms with Gasteiger partial charge in [0.2, 0.25) is 5.91 Å². The van der Waals surface area contributed by atoms with E-state index in [-0.39, 0.29) is 11.9 Å². The van der Waals surface area contributed by atoms with E-state index in [1.807, 2.05) is 0 Å². The highest BCUT2D eigenvalue weighted by atomic mass is 16.1. The summed E-state index contributed by atoms with van der Waals surface area (Å²) in [6.45, 7) is 7.12. The third-order valence-corrected chi connectivity index (χ3v) is 3.99. The summed E-state index contributed by atoms with van der Waals surface area (Å²) in [6, 6.07) is 8.58. The summed E-state index contributed by atoms with van der Waals surface area (Å²) < 4.78 is 1.75. The Morgan fingerprint density at radius 2 is 2.00 bits per heavy atom. The predicted molar refractivity (Wildman–Crippen MR) is 90.8 cm³/mol. The zero-order valence-electron chi connectivity index (χ0n) is 14.2. The summed E-state index contributed by atoms with van der Waals surface area (Å²) in [7, 11) is 0. The van der Waals surface area contributed by atoms with Crippen molar-refractivity contribution < 1.29 is 4.79 Å². The van der Waals surface area contributed by atoms with E-state index in [1.165, 1.54) is 17.5 Å². The maximum Gasteiger partial charge on any atom is 0.220 e. The maximum atomic E-state index is 12.2. The molecule has 0 aliphatic heterocycles. The van der Waals surface area contributed by atoms with E-state index in [1.54, 1.807) is 11.0 Å². The molecule has 2 aromatic rings. The molecule has 23 heavy (non-hydrogen) atoms. The fourth-order valence-corrected chi connectivity index (χ4v) is 2.59. The Hall–Kier alpha value is -2.17. The summed E-state index contributed by atoms with van der Waals surface area (Å²) >= 11 is 0. The standard InChI is InChI=1S/C18H26N4O/c1-4-15-7-9-16(10-8-15)18(14(2)3)21-17(23)6-5-11-22-13-19-12-20-22/h7-10,12-14,18H,4-6,11H2,1-3H3,(H,21,23)/t18-/m1/s1. The number of benzene rings is 1. The molecule has 0 unspecified atom stereocenters. The van der Waals surface area contributed by atoms with Gasteiger partial charge in [-0.2, -0.15) is 5.10 Å². The van der Waals surface area contributed by atoms with Gasteiger partial charge in [0.05, 0.1) is 6.04 Å². The predicted octanol–water partition coefficient (Wildman–Crippen LogP) is 3.13. The van der Waals surface area contributed by atoms with Crippen LogP contribution in [-0.4, -0.2) is 20.7 Å². The van der Waals surface area contributed by atoms with Crippen LogP contribution in [0.1, 0.15) is 50.8 Å². The molecular weight excluding hydrogens is 288 g/mol. The highest BCUT2D eigenvalue weighted by Crippen LogP contribution is 2.22. The number of aromatic nitrogens is 3. The van der Waals surface area contributed by atoms with Crippen molar-refractivity contribution in [2.75, 3.05) is 0 Å². The van der Waals surface area contributed by atoms with Crippen molar-refractivity contribution in [2.24, 2.45) is 5.92 Å². The summed E-state index contributed by atoms with van der Waals surface area (Å²) in [6.07, 6.45) is 5.46. The SMILES string of the molecule is CCc1ccc([C@H](NC(=O)CCCn2cncn2)C(C)C)cc1. The van der Waals surface area contributed by atoms with E-state index in [4.69, 9.17) is 0 Å². The number of carbonyl (C=O) groups excluding carboxylic acids is 1. The Kier molecular flexibility index (Phi) is 6.32. The Balaban J connectivity index is 1.88. The molecule has 5 heteroatoms. The highest BCUT2D eigenvalue weighted by molar-refractivity contribution is 5.76.